The zero-order chi connectivity index (χ0) is 14.5. The van der Waals surface area contributed by atoms with Gasteiger partial charge >= 0.3 is 0 Å². The number of halogens is 1. The molecule has 0 aliphatic carbocycles. The van der Waals surface area contributed by atoms with Gasteiger partial charge in [-0.25, -0.2) is 4.68 Å². The standard InChI is InChI=1S/C13H18ClN5O/c1-9(2)8-20-6-5-19-13(16-17-18-19)11-4-3-10(14)7-12(11)15/h3-4,7,9H,5-6,8,15H2,1-2H3. The van der Waals surface area contributed by atoms with E-state index >= 15 is 0 Å². The van der Waals surface area contributed by atoms with E-state index < -0.39 is 0 Å². The second kappa shape index (κ2) is 6.67. The summed E-state index contributed by atoms with van der Waals surface area (Å²) >= 11 is 5.89. The predicted octanol–water partition coefficient (Wildman–Crippen LogP) is 2.25. The summed E-state index contributed by atoms with van der Waals surface area (Å²) in [5.74, 6) is 1.13. The van der Waals surface area contributed by atoms with Gasteiger partial charge in [0.05, 0.1) is 13.2 Å². The average Bonchev–Trinajstić information content (AvgIpc) is 2.82. The molecule has 0 fully saturated rings. The summed E-state index contributed by atoms with van der Waals surface area (Å²) in [6.45, 7) is 6.08. The van der Waals surface area contributed by atoms with E-state index in [1.165, 1.54) is 0 Å². The molecule has 0 radical (unpaired) electrons. The number of anilines is 1. The van der Waals surface area contributed by atoms with Crippen LogP contribution in [0.4, 0.5) is 5.69 Å². The Morgan fingerprint density at radius 2 is 2.20 bits per heavy atom. The number of rotatable bonds is 6. The number of hydrogen-bond donors (Lipinski definition) is 1. The minimum atomic E-state index is 0.509. The van der Waals surface area contributed by atoms with Crippen LogP contribution >= 0.6 is 11.6 Å². The van der Waals surface area contributed by atoms with Crippen LogP contribution in [0.25, 0.3) is 11.4 Å². The van der Waals surface area contributed by atoms with E-state index in [1.54, 1.807) is 16.8 Å². The zero-order valence-electron chi connectivity index (χ0n) is 11.6. The van der Waals surface area contributed by atoms with Crippen molar-refractivity contribution in [3.63, 3.8) is 0 Å². The normalized spacial score (nSPS) is 11.2. The first-order valence-electron chi connectivity index (χ1n) is 6.47. The van der Waals surface area contributed by atoms with Crippen LogP contribution in [0.3, 0.4) is 0 Å². The van der Waals surface area contributed by atoms with Gasteiger partial charge in [-0.3, -0.25) is 0 Å². The van der Waals surface area contributed by atoms with Crippen LogP contribution < -0.4 is 5.73 Å². The lowest BCUT2D eigenvalue weighted by Crippen LogP contribution is -2.12. The number of hydrogen-bond acceptors (Lipinski definition) is 5. The van der Waals surface area contributed by atoms with Crippen LogP contribution in [0, 0.1) is 5.92 Å². The topological polar surface area (TPSA) is 78.8 Å². The summed E-state index contributed by atoms with van der Waals surface area (Å²) in [4.78, 5) is 0. The maximum Gasteiger partial charge on any atom is 0.184 e. The monoisotopic (exact) mass is 295 g/mol. The lowest BCUT2D eigenvalue weighted by Gasteiger charge is -2.09. The van der Waals surface area contributed by atoms with Crippen LogP contribution in [-0.2, 0) is 11.3 Å². The minimum Gasteiger partial charge on any atom is -0.398 e. The molecule has 0 bridgehead atoms. The maximum absolute atomic E-state index is 5.95. The van der Waals surface area contributed by atoms with Crippen LogP contribution in [0.5, 0.6) is 0 Å². The molecular formula is C13H18ClN5O. The Labute approximate surface area is 122 Å². The summed E-state index contributed by atoms with van der Waals surface area (Å²) in [6, 6.07) is 5.27. The molecule has 20 heavy (non-hydrogen) atoms. The summed E-state index contributed by atoms with van der Waals surface area (Å²) < 4.78 is 7.22. The zero-order valence-corrected chi connectivity index (χ0v) is 12.3. The summed E-state index contributed by atoms with van der Waals surface area (Å²) in [5.41, 5.74) is 7.27. The third-order valence-electron chi connectivity index (χ3n) is 2.69. The number of nitrogens with two attached hydrogens (primary N) is 1. The number of tetrazole rings is 1. The largest absolute Gasteiger partial charge is 0.398 e. The van der Waals surface area contributed by atoms with Crippen molar-refractivity contribution in [3.8, 4) is 11.4 Å². The van der Waals surface area contributed by atoms with E-state index in [2.05, 4.69) is 29.4 Å². The Balaban J connectivity index is 2.08. The molecule has 1 heterocycles. The van der Waals surface area contributed by atoms with Crippen molar-refractivity contribution in [1.29, 1.82) is 0 Å². The van der Waals surface area contributed by atoms with Gasteiger partial charge in [-0.05, 0) is 34.5 Å². The Bertz CT molecular complexity index is 570. The van der Waals surface area contributed by atoms with Gasteiger partial charge in [0, 0.05) is 22.9 Å². The smallest absolute Gasteiger partial charge is 0.184 e. The molecular weight excluding hydrogens is 278 g/mol. The second-order valence-electron chi connectivity index (χ2n) is 4.93. The molecule has 0 saturated carbocycles. The minimum absolute atomic E-state index is 0.509. The first kappa shape index (κ1) is 14.7. The third kappa shape index (κ3) is 3.68. The van der Waals surface area contributed by atoms with Crippen molar-refractivity contribution in [2.24, 2.45) is 5.92 Å². The number of nitrogen functional groups attached to an aromatic ring is 1. The van der Waals surface area contributed by atoms with Gasteiger partial charge in [0.1, 0.15) is 0 Å². The van der Waals surface area contributed by atoms with Crippen molar-refractivity contribution in [1.82, 2.24) is 20.2 Å². The number of nitrogens with zero attached hydrogens (tertiary/aromatic N) is 4. The Kier molecular flexibility index (Phi) is 4.92. The molecule has 2 N–H and O–H groups in total. The molecule has 6 nitrogen and oxygen atoms in total. The molecule has 0 unspecified atom stereocenters. The van der Waals surface area contributed by atoms with Gasteiger partial charge < -0.3 is 10.5 Å². The highest BCUT2D eigenvalue weighted by molar-refractivity contribution is 6.31. The molecule has 2 aromatic rings. The van der Waals surface area contributed by atoms with E-state index in [-0.39, 0.29) is 0 Å². The van der Waals surface area contributed by atoms with Crippen molar-refractivity contribution in [2.45, 2.75) is 20.4 Å². The fraction of sp³-hybridized carbons (Fsp3) is 0.462. The van der Waals surface area contributed by atoms with E-state index in [9.17, 15) is 0 Å². The van der Waals surface area contributed by atoms with Crippen LogP contribution in [-0.4, -0.2) is 33.4 Å². The van der Waals surface area contributed by atoms with Crippen molar-refractivity contribution in [3.05, 3.63) is 23.2 Å². The highest BCUT2D eigenvalue weighted by Gasteiger charge is 2.12. The van der Waals surface area contributed by atoms with Crippen LogP contribution in [0.2, 0.25) is 5.02 Å². The van der Waals surface area contributed by atoms with E-state index in [0.717, 1.165) is 12.2 Å². The van der Waals surface area contributed by atoms with Gasteiger partial charge in [0.15, 0.2) is 5.82 Å². The Morgan fingerprint density at radius 1 is 1.40 bits per heavy atom. The van der Waals surface area contributed by atoms with Crippen molar-refractivity contribution >= 4 is 17.3 Å². The molecule has 0 aliphatic heterocycles. The lowest BCUT2D eigenvalue weighted by atomic mass is 10.1. The molecule has 0 atom stereocenters. The maximum atomic E-state index is 5.95. The van der Waals surface area contributed by atoms with Crippen molar-refractivity contribution < 1.29 is 4.74 Å². The van der Waals surface area contributed by atoms with Gasteiger partial charge in [-0.1, -0.05) is 25.4 Å². The van der Waals surface area contributed by atoms with Gasteiger partial charge in [-0.15, -0.1) is 5.10 Å². The van der Waals surface area contributed by atoms with Gasteiger partial charge in [0.25, 0.3) is 0 Å². The molecule has 2 rings (SSSR count). The number of aromatic nitrogens is 4. The molecule has 0 spiro atoms. The van der Waals surface area contributed by atoms with Gasteiger partial charge in [0.2, 0.25) is 0 Å². The summed E-state index contributed by atoms with van der Waals surface area (Å²) in [7, 11) is 0. The summed E-state index contributed by atoms with van der Waals surface area (Å²) in [5, 5.41) is 12.3. The van der Waals surface area contributed by atoms with Crippen LogP contribution in [0.1, 0.15) is 13.8 Å². The SMILES string of the molecule is CC(C)COCCn1nnnc1-c1ccc(Cl)cc1N. The lowest BCUT2D eigenvalue weighted by molar-refractivity contribution is 0.101. The Hall–Kier alpha value is -1.66. The fourth-order valence-corrected chi connectivity index (χ4v) is 1.94. The molecule has 0 saturated heterocycles. The third-order valence-corrected chi connectivity index (χ3v) is 2.92. The first-order chi connectivity index (χ1) is 9.58. The average molecular weight is 296 g/mol. The molecule has 0 aliphatic rings. The van der Waals surface area contributed by atoms with E-state index in [1.807, 2.05) is 6.07 Å². The molecule has 1 aromatic heterocycles. The van der Waals surface area contributed by atoms with E-state index in [0.29, 0.717) is 35.6 Å². The number of ether oxygens (including phenoxy) is 1. The van der Waals surface area contributed by atoms with Gasteiger partial charge in [-0.2, -0.15) is 0 Å². The predicted molar refractivity (Wildman–Crippen MR) is 78.3 cm³/mol. The molecule has 0 amide bonds. The molecule has 1 aromatic carbocycles. The Morgan fingerprint density at radius 3 is 2.90 bits per heavy atom. The first-order valence-corrected chi connectivity index (χ1v) is 6.85. The quantitative estimate of drug-likeness (QED) is 0.653. The number of benzene rings is 1. The van der Waals surface area contributed by atoms with Crippen molar-refractivity contribution in [2.75, 3.05) is 18.9 Å². The molecule has 108 valence electrons. The highest BCUT2D eigenvalue weighted by atomic mass is 35.5. The van der Waals surface area contributed by atoms with Crippen LogP contribution in [0.15, 0.2) is 18.2 Å². The van der Waals surface area contributed by atoms with E-state index in [4.69, 9.17) is 22.1 Å². The highest BCUT2D eigenvalue weighted by Crippen LogP contribution is 2.26. The summed E-state index contributed by atoms with van der Waals surface area (Å²) in [6.07, 6.45) is 0. The molecule has 7 heteroatoms. The second-order valence-corrected chi connectivity index (χ2v) is 5.36. The fourth-order valence-electron chi connectivity index (χ4n) is 1.76.